The Balaban J connectivity index is 0.000000167. The molecule has 0 aliphatic carbocycles. The quantitative estimate of drug-likeness (QED) is 0.111. The number of aldehydes is 1. The zero-order valence-electron chi connectivity index (χ0n) is 21.8. The van der Waals surface area contributed by atoms with Crippen molar-refractivity contribution in [3.8, 4) is 22.6 Å². The maximum atomic E-state index is 10.6. The Morgan fingerprint density at radius 1 is 0.725 bits per heavy atom. The van der Waals surface area contributed by atoms with Gasteiger partial charge in [-0.2, -0.15) is 0 Å². The molecule has 0 saturated heterocycles. The van der Waals surface area contributed by atoms with Gasteiger partial charge in [0.2, 0.25) is 0 Å². The Labute approximate surface area is 228 Å². The zero-order chi connectivity index (χ0) is 29.2. The largest absolute Gasteiger partial charge is 0.444 e. The normalized spacial score (nSPS) is 9.97. The summed E-state index contributed by atoms with van der Waals surface area (Å²) >= 11 is 0. The Kier molecular flexibility index (Phi) is 9.57. The van der Waals surface area contributed by atoms with E-state index >= 15 is 0 Å². The first kappa shape index (κ1) is 28.9. The molecule has 0 aliphatic rings. The van der Waals surface area contributed by atoms with Crippen molar-refractivity contribution >= 4 is 23.3 Å². The van der Waals surface area contributed by atoms with Gasteiger partial charge in [-0.3, -0.25) is 25.0 Å². The Morgan fingerprint density at radius 2 is 1.20 bits per heavy atom. The molecule has 2 aromatic heterocycles. The molecule has 204 valence electrons. The van der Waals surface area contributed by atoms with Gasteiger partial charge in [0.15, 0.2) is 30.6 Å². The number of carbonyl (C=O) groups excluding carboxylic acids is 1. The van der Waals surface area contributed by atoms with Crippen molar-refractivity contribution in [2.75, 3.05) is 5.73 Å². The fourth-order valence-electron chi connectivity index (χ4n) is 3.46. The van der Waals surface area contributed by atoms with Crippen LogP contribution in [0.5, 0.6) is 0 Å². The van der Waals surface area contributed by atoms with Crippen LogP contribution in [0, 0.1) is 41.0 Å². The minimum atomic E-state index is -0.521. The van der Waals surface area contributed by atoms with E-state index in [1.807, 2.05) is 32.0 Å². The van der Waals surface area contributed by atoms with E-state index in [0.717, 1.165) is 33.7 Å². The molecule has 12 heteroatoms. The number of aromatic nitrogens is 2. The van der Waals surface area contributed by atoms with Crippen molar-refractivity contribution in [3.63, 3.8) is 0 Å². The van der Waals surface area contributed by atoms with Crippen LogP contribution >= 0.6 is 0 Å². The average molecular weight is 544 g/mol. The average Bonchev–Trinajstić information content (AvgIpc) is 3.66. The van der Waals surface area contributed by atoms with Gasteiger partial charge in [-0.1, -0.05) is 18.2 Å². The summed E-state index contributed by atoms with van der Waals surface area (Å²) in [5.74, 6) is 1.29. The number of nitrogens with zero attached hydrogens (tertiary/aromatic N) is 4. The van der Waals surface area contributed by atoms with E-state index < -0.39 is 9.85 Å². The van der Waals surface area contributed by atoms with Gasteiger partial charge in [-0.05, 0) is 49.6 Å². The van der Waals surface area contributed by atoms with Crippen molar-refractivity contribution < 1.29 is 23.5 Å². The van der Waals surface area contributed by atoms with Gasteiger partial charge in [0, 0.05) is 46.6 Å². The Hall–Kier alpha value is -5.65. The monoisotopic (exact) mass is 543 g/mol. The van der Waals surface area contributed by atoms with Crippen molar-refractivity contribution in [1.29, 1.82) is 0 Å². The number of nitrogens with two attached hydrogens (primary N) is 1. The molecule has 0 amide bonds. The van der Waals surface area contributed by atoms with Crippen LogP contribution in [-0.2, 0) is 0 Å². The third-order valence-electron chi connectivity index (χ3n) is 5.69. The number of hydrogen-bond donors (Lipinski definition) is 1. The van der Waals surface area contributed by atoms with E-state index in [9.17, 15) is 25.0 Å². The van der Waals surface area contributed by atoms with Crippen LogP contribution in [0.4, 0.5) is 17.1 Å². The zero-order valence-corrected chi connectivity index (χ0v) is 21.8. The first-order valence-corrected chi connectivity index (χ1v) is 11.7. The molecular formula is C28H25N5O7. The molecule has 0 atom stereocenters. The van der Waals surface area contributed by atoms with Gasteiger partial charge in [0.05, 0.1) is 22.2 Å². The number of oxazole rings is 2. The highest BCUT2D eigenvalue weighted by Gasteiger charge is 2.12. The van der Waals surface area contributed by atoms with Crippen LogP contribution in [0.15, 0.2) is 88.6 Å². The van der Waals surface area contributed by atoms with Crippen LogP contribution in [0.1, 0.15) is 27.0 Å². The molecule has 0 fully saturated rings. The second kappa shape index (κ2) is 13.2. The molecule has 3 aromatic carbocycles. The highest BCUT2D eigenvalue weighted by atomic mass is 16.6. The smallest absolute Gasteiger partial charge is 0.270 e. The number of carbonyl (C=O) groups is 1. The highest BCUT2D eigenvalue weighted by Crippen LogP contribution is 2.27. The second-order valence-electron chi connectivity index (χ2n) is 8.48. The first-order chi connectivity index (χ1) is 19.1. The maximum Gasteiger partial charge on any atom is 0.270 e. The van der Waals surface area contributed by atoms with Gasteiger partial charge >= 0.3 is 0 Å². The molecule has 12 nitrogen and oxygen atoms in total. The van der Waals surface area contributed by atoms with E-state index in [1.54, 1.807) is 25.3 Å². The van der Waals surface area contributed by atoms with E-state index in [2.05, 4.69) is 9.97 Å². The van der Waals surface area contributed by atoms with Crippen molar-refractivity contribution in [2.45, 2.75) is 20.8 Å². The van der Waals surface area contributed by atoms with Gasteiger partial charge < -0.3 is 14.6 Å². The lowest BCUT2D eigenvalue weighted by molar-refractivity contribution is -0.385. The molecule has 0 spiro atoms. The van der Waals surface area contributed by atoms with E-state index in [1.165, 1.54) is 43.2 Å². The summed E-state index contributed by atoms with van der Waals surface area (Å²) in [5, 5.41) is 20.9. The summed E-state index contributed by atoms with van der Waals surface area (Å²) in [6, 6.07) is 14.6. The lowest BCUT2D eigenvalue weighted by Gasteiger charge is -2.02. The molecule has 0 aliphatic heterocycles. The maximum absolute atomic E-state index is 10.6. The predicted molar refractivity (Wildman–Crippen MR) is 148 cm³/mol. The summed E-state index contributed by atoms with van der Waals surface area (Å²) < 4.78 is 10.3. The molecule has 5 rings (SSSR count). The summed E-state index contributed by atoms with van der Waals surface area (Å²) in [7, 11) is 0. The van der Waals surface area contributed by atoms with Gasteiger partial charge in [-0.15, -0.1) is 0 Å². The van der Waals surface area contributed by atoms with Gasteiger partial charge in [-0.25, -0.2) is 9.97 Å². The van der Waals surface area contributed by atoms with Gasteiger partial charge in [0.25, 0.3) is 11.4 Å². The number of aryl methyl sites for hydroxylation is 3. The number of nitrogen functional groups attached to an aromatic ring is 1. The Morgan fingerprint density at radius 3 is 1.68 bits per heavy atom. The summed E-state index contributed by atoms with van der Waals surface area (Å²) in [5.41, 5.74) is 11.2. The number of benzene rings is 3. The van der Waals surface area contributed by atoms with Crippen LogP contribution in [0.2, 0.25) is 0 Å². The molecule has 2 N–H and O–H groups in total. The summed E-state index contributed by atoms with van der Waals surface area (Å²) in [6.45, 7) is 5.60. The fraction of sp³-hybridized carbons (Fsp3) is 0.107. The third kappa shape index (κ3) is 7.44. The number of rotatable bonds is 5. The van der Waals surface area contributed by atoms with Crippen LogP contribution in [-0.4, -0.2) is 26.1 Å². The van der Waals surface area contributed by atoms with Crippen molar-refractivity contribution in [3.05, 3.63) is 122 Å². The minimum absolute atomic E-state index is 0.0481. The van der Waals surface area contributed by atoms with Crippen LogP contribution in [0.25, 0.3) is 22.6 Å². The number of hydrogen-bond acceptors (Lipinski definition) is 10. The highest BCUT2D eigenvalue weighted by molar-refractivity contribution is 5.78. The van der Waals surface area contributed by atoms with E-state index in [4.69, 9.17) is 14.6 Å². The summed E-state index contributed by atoms with van der Waals surface area (Å²) in [4.78, 5) is 37.9. The molecule has 0 bridgehead atoms. The molecule has 5 aromatic rings. The second-order valence-corrected chi connectivity index (χ2v) is 8.48. The summed E-state index contributed by atoms with van der Waals surface area (Å²) in [6.07, 6.45) is 6.54. The molecular weight excluding hydrogens is 518 g/mol. The first-order valence-electron chi connectivity index (χ1n) is 11.7. The van der Waals surface area contributed by atoms with Crippen LogP contribution < -0.4 is 5.73 Å². The SMILES string of the molecule is Cc1ccc(N)cc1-c1cnco1.Cc1ccc([N+](=O)[O-])cc1-c1cnco1.Cc1ccc([N+](=O)[O-])cc1C=O. The van der Waals surface area contributed by atoms with Crippen LogP contribution in [0.3, 0.4) is 0 Å². The third-order valence-corrected chi connectivity index (χ3v) is 5.69. The number of nitro benzene ring substituents is 2. The standard InChI is InChI=1S/C10H8N2O3.C10H10N2O.C8H7NO3/c1-7-2-3-8(12(13)14)4-9(7)10-5-11-6-15-10;1-7-2-3-8(11)4-9(7)10-5-12-6-13-10;1-6-2-3-8(9(11)12)4-7(6)5-10/h2-6H,1H3;2-6H,11H2,1H3;2-5H,1H3. The molecule has 40 heavy (non-hydrogen) atoms. The molecule has 0 radical (unpaired) electrons. The minimum Gasteiger partial charge on any atom is -0.444 e. The topological polar surface area (TPSA) is 181 Å². The van der Waals surface area contributed by atoms with Gasteiger partial charge in [0.1, 0.15) is 0 Å². The lowest BCUT2D eigenvalue weighted by atomic mass is 10.1. The Bertz CT molecular complexity index is 1610. The molecule has 2 heterocycles. The fourth-order valence-corrected chi connectivity index (χ4v) is 3.46. The lowest BCUT2D eigenvalue weighted by Crippen LogP contribution is -1.91. The molecule has 0 saturated carbocycles. The number of non-ortho nitro benzene ring substituents is 2. The predicted octanol–water partition coefficient (Wildman–Crippen LogP) is 6.51. The van der Waals surface area contributed by atoms with Crippen molar-refractivity contribution in [2.24, 2.45) is 0 Å². The van der Waals surface area contributed by atoms with Crippen molar-refractivity contribution in [1.82, 2.24) is 9.97 Å². The molecule has 0 unspecified atom stereocenters. The van der Waals surface area contributed by atoms with E-state index in [0.29, 0.717) is 23.2 Å². The number of nitro groups is 2. The van der Waals surface area contributed by atoms with E-state index in [-0.39, 0.29) is 11.4 Å². The number of anilines is 1.